The van der Waals surface area contributed by atoms with Gasteiger partial charge in [-0.2, -0.15) is 0 Å². The minimum atomic E-state index is -0.866. The van der Waals surface area contributed by atoms with Crippen molar-refractivity contribution in [1.82, 2.24) is 4.90 Å². The van der Waals surface area contributed by atoms with Crippen molar-refractivity contribution in [2.75, 3.05) is 13.2 Å². The third-order valence-electron chi connectivity index (χ3n) is 5.71. The first-order valence-electron chi connectivity index (χ1n) is 10.1. The molecule has 1 saturated heterocycles. The van der Waals surface area contributed by atoms with E-state index in [9.17, 15) is 14.7 Å². The molecule has 160 valence electrons. The summed E-state index contributed by atoms with van der Waals surface area (Å²) in [6.45, 7) is 2.66. The van der Waals surface area contributed by atoms with E-state index in [1.807, 2.05) is 0 Å². The quantitative estimate of drug-likeness (QED) is 0.574. The first-order chi connectivity index (χ1) is 14.9. The number of halogens is 1. The summed E-state index contributed by atoms with van der Waals surface area (Å²) in [6.07, 6.45) is 1.56. The van der Waals surface area contributed by atoms with E-state index in [0.717, 1.165) is 12.8 Å². The summed E-state index contributed by atoms with van der Waals surface area (Å²) in [7, 11) is 0. The van der Waals surface area contributed by atoms with Crippen LogP contribution in [0.3, 0.4) is 0 Å². The number of hydrogen-bond acceptors (Lipinski definition) is 6. The molecule has 1 aromatic carbocycles. The van der Waals surface area contributed by atoms with E-state index in [0.29, 0.717) is 34.1 Å². The highest BCUT2D eigenvalue weighted by atomic mass is 35.5. The number of aliphatic hydroxyl groups is 1. The zero-order valence-corrected chi connectivity index (χ0v) is 17.5. The fourth-order valence-electron chi connectivity index (χ4n) is 4.24. The van der Waals surface area contributed by atoms with Crippen molar-refractivity contribution in [1.29, 1.82) is 0 Å². The number of nitrogens with zero attached hydrogens (tertiary/aromatic N) is 1. The van der Waals surface area contributed by atoms with E-state index in [1.165, 1.54) is 4.90 Å². The Labute approximate surface area is 182 Å². The highest BCUT2D eigenvalue weighted by Gasteiger charge is 2.47. The van der Waals surface area contributed by atoms with Crippen molar-refractivity contribution >= 4 is 34.3 Å². The third-order valence-corrected chi connectivity index (χ3v) is 5.94. The molecule has 8 heteroatoms. The molecule has 2 unspecified atom stereocenters. The molecule has 2 aromatic heterocycles. The number of furan rings is 2. The molecule has 2 atom stereocenters. The Morgan fingerprint density at radius 3 is 2.77 bits per heavy atom. The average Bonchev–Trinajstić information content (AvgIpc) is 3.52. The van der Waals surface area contributed by atoms with Gasteiger partial charge in [-0.25, -0.2) is 0 Å². The molecule has 0 radical (unpaired) electrons. The topological polar surface area (TPSA) is 93.1 Å². The average molecular weight is 442 g/mol. The van der Waals surface area contributed by atoms with Crippen LogP contribution < -0.4 is 0 Å². The van der Waals surface area contributed by atoms with Gasteiger partial charge < -0.3 is 23.6 Å². The van der Waals surface area contributed by atoms with Crippen molar-refractivity contribution in [2.45, 2.75) is 31.9 Å². The highest BCUT2D eigenvalue weighted by molar-refractivity contribution is 6.31. The molecule has 1 amide bonds. The lowest BCUT2D eigenvalue weighted by atomic mass is 9.99. The lowest BCUT2D eigenvalue weighted by Crippen LogP contribution is -2.37. The van der Waals surface area contributed by atoms with Crippen molar-refractivity contribution in [3.8, 4) is 0 Å². The van der Waals surface area contributed by atoms with E-state index in [2.05, 4.69) is 0 Å². The Morgan fingerprint density at radius 2 is 2.06 bits per heavy atom. The first kappa shape index (κ1) is 19.9. The standard InChI is InChI=1S/C23H20ClNO6/c1-12-4-6-17(30-12)20-19(22(27)23(28)25(20)11-15-3-2-8-29-15)21(26)18-10-13-9-14(24)5-7-16(13)31-18/h4-7,9-10,15,20,27H,2-3,8,11H2,1H3. The summed E-state index contributed by atoms with van der Waals surface area (Å²) in [5.74, 6) is -0.755. The molecule has 2 aliphatic heterocycles. The maximum atomic E-state index is 13.4. The Kier molecular flexibility index (Phi) is 4.87. The maximum Gasteiger partial charge on any atom is 0.290 e. The Morgan fingerprint density at radius 1 is 1.23 bits per heavy atom. The second kappa shape index (κ2) is 7.59. The van der Waals surface area contributed by atoms with Crippen LogP contribution in [-0.2, 0) is 9.53 Å². The molecule has 31 heavy (non-hydrogen) atoms. The number of carbonyl (C=O) groups is 2. The van der Waals surface area contributed by atoms with Gasteiger partial charge in [0.15, 0.2) is 11.5 Å². The molecule has 0 bridgehead atoms. The fraction of sp³-hybridized carbons (Fsp3) is 0.304. The fourth-order valence-corrected chi connectivity index (χ4v) is 4.42. The SMILES string of the molecule is Cc1ccc(C2C(C(=O)c3cc4cc(Cl)ccc4o3)=C(O)C(=O)N2CC2CCCO2)o1. The van der Waals surface area contributed by atoms with Crippen LogP contribution in [-0.4, -0.2) is 41.0 Å². The molecule has 1 N–H and O–H groups in total. The van der Waals surface area contributed by atoms with Gasteiger partial charge in [-0.3, -0.25) is 9.59 Å². The van der Waals surface area contributed by atoms with Crippen LogP contribution in [0.5, 0.6) is 0 Å². The molecule has 0 aliphatic carbocycles. The number of rotatable bonds is 5. The van der Waals surface area contributed by atoms with E-state index in [-0.39, 0.29) is 24.0 Å². The maximum absolute atomic E-state index is 13.4. The number of Topliss-reactive ketones (excluding diaryl/α,β-unsaturated/α-hetero) is 1. The summed E-state index contributed by atoms with van der Waals surface area (Å²) in [5, 5.41) is 11.9. The van der Waals surface area contributed by atoms with Crippen molar-refractivity contribution in [2.24, 2.45) is 0 Å². The highest BCUT2D eigenvalue weighted by Crippen LogP contribution is 2.41. The Balaban J connectivity index is 1.56. The molecular weight excluding hydrogens is 422 g/mol. The molecular formula is C23H20ClNO6. The van der Waals surface area contributed by atoms with Crippen LogP contribution in [0.1, 0.15) is 41.0 Å². The number of aryl methyl sites for hydroxylation is 1. The number of fused-ring (bicyclic) bond motifs is 1. The van der Waals surface area contributed by atoms with Crippen LogP contribution in [0, 0.1) is 6.92 Å². The number of aliphatic hydroxyl groups excluding tert-OH is 1. The first-order valence-corrected chi connectivity index (χ1v) is 10.5. The van der Waals surface area contributed by atoms with Gasteiger partial charge in [0, 0.05) is 23.6 Å². The Bertz CT molecular complexity index is 1220. The summed E-state index contributed by atoms with van der Waals surface area (Å²) in [6, 6.07) is 9.17. The second-order valence-corrected chi connectivity index (χ2v) is 8.26. The molecule has 0 saturated carbocycles. The molecule has 5 rings (SSSR count). The summed E-state index contributed by atoms with van der Waals surface area (Å²) >= 11 is 6.03. The molecule has 7 nitrogen and oxygen atoms in total. The van der Waals surface area contributed by atoms with Crippen LogP contribution in [0.4, 0.5) is 0 Å². The van der Waals surface area contributed by atoms with Crippen molar-refractivity contribution < 1.29 is 28.3 Å². The summed E-state index contributed by atoms with van der Waals surface area (Å²) in [5.41, 5.74) is 0.418. The molecule has 2 aliphatic rings. The van der Waals surface area contributed by atoms with E-state index >= 15 is 0 Å². The van der Waals surface area contributed by atoms with Crippen LogP contribution >= 0.6 is 11.6 Å². The predicted octanol–water partition coefficient (Wildman–Crippen LogP) is 4.74. The number of carbonyl (C=O) groups excluding carboxylic acids is 2. The van der Waals surface area contributed by atoms with Crippen molar-refractivity contribution in [3.05, 3.63) is 70.0 Å². The number of hydrogen-bond donors (Lipinski definition) is 1. The van der Waals surface area contributed by atoms with Gasteiger partial charge in [0.25, 0.3) is 5.91 Å². The van der Waals surface area contributed by atoms with E-state index in [4.69, 9.17) is 25.2 Å². The molecule has 0 spiro atoms. The smallest absolute Gasteiger partial charge is 0.290 e. The molecule has 3 aromatic rings. The van der Waals surface area contributed by atoms with Gasteiger partial charge in [0.05, 0.1) is 11.7 Å². The number of benzene rings is 1. The van der Waals surface area contributed by atoms with E-state index in [1.54, 1.807) is 43.3 Å². The zero-order chi connectivity index (χ0) is 21.7. The number of ketones is 1. The van der Waals surface area contributed by atoms with E-state index < -0.39 is 23.5 Å². The number of amides is 1. The minimum absolute atomic E-state index is 0.0128. The van der Waals surface area contributed by atoms with Gasteiger partial charge in [0.2, 0.25) is 5.78 Å². The minimum Gasteiger partial charge on any atom is -0.503 e. The monoisotopic (exact) mass is 441 g/mol. The van der Waals surface area contributed by atoms with Gasteiger partial charge in [-0.1, -0.05) is 11.6 Å². The predicted molar refractivity (Wildman–Crippen MR) is 112 cm³/mol. The van der Waals surface area contributed by atoms with Gasteiger partial charge in [-0.15, -0.1) is 0 Å². The normalized spacial score (nSPS) is 21.6. The lowest BCUT2D eigenvalue weighted by Gasteiger charge is -2.27. The van der Waals surface area contributed by atoms with Gasteiger partial charge in [0.1, 0.15) is 23.1 Å². The molecule has 1 fully saturated rings. The Hall–Kier alpha value is -3.03. The van der Waals surface area contributed by atoms with Gasteiger partial charge in [-0.05, 0) is 56.2 Å². The zero-order valence-electron chi connectivity index (χ0n) is 16.8. The second-order valence-electron chi connectivity index (χ2n) is 7.83. The third kappa shape index (κ3) is 3.43. The summed E-state index contributed by atoms with van der Waals surface area (Å²) in [4.78, 5) is 27.8. The summed E-state index contributed by atoms with van der Waals surface area (Å²) < 4.78 is 17.1. The molecule has 4 heterocycles. The van der Waals surface area contributed by atoms with Crippen molar-refractivity contribution in [3.63, 3.8) is 0 Å². The van der Waals surface area contributed by atoms with Gasteiger partial charge >= 0.3 is 0 Å². The van der Waals surface area contributed by atoms with Crippen LogP contribution in [0.25, 0.3) is 11.0 Å². The lowest BCUT2D eigenvalue weighted by molar-refractivity contribution is -0.131. The van der Waals surface area contributed by atoms with Crippen LogP contribution in [0.2, 0.25) is 5.02 Å². The largest absolute Gasteiger partial charge is 0.503 e. The van der Waals surface area contributed by atoms with Crippen LogP contribution in [0.15, 0.2) is 56.6 Å². The number of ether oxygens (including phenoxy) is 1.